The van der Waals surface area contributed by atoms with Gasteiger partial charge in [0.05, 0.1) is 7.11 Å². The molecule has 0 aromatic rings. The number of hydrogen-bond donors (Lipinski definition) is 1. The Labute approximate surface area is 82.1 Å². The van der Waals surface area contributed by atoms with Crippen LogP contribution in [0.1, 0.15) is 13.3 Å². The van der Waals surface area contributed by atoms with E-state index in [0.29, 0.717) is 6.04 Å². The van der Waals surface area contributed by atoms with Crippen LogP contribution < -0.4 is 5.32 Å². The van der Waals surface area contributed by atoms with Crippen molar-refractivity contribution in [2.75, 3.05) is 19.4 Å². The van der Waals surface area contributed by atoms with E-state index in [1.54, 1.807) is 11.8 Å². The van der Waals surface area contributed by atoms with Gasteiger partial charge in [0.15, 0.2) is 5.17 Å². The Morgan fingerprint density at radius 2 is 2.62 bits per heavy atom. The fourth-order valence-corrected chi connectivity index (χ4v) is 2.03. The smallest absolute Gasteiger partial charge is 0.327 e. The minimum absolute atomic E-state index is 0.113. The second-order valence-corrected chi connectivity index (χ2v) is 3.77. The Hall–Kier alpha value is -0.710. The van der Waals surface area contributed by atoms with Gasteiger partial charge in [0.2, 0.25) is 0 Å². The third kappa shape index (κ3) is 3.26. The molecule has 0 bridgehead atoms. The van der Waals surface area contributed by atoms with Crippen LogP contribution >= 0.6 is 11.8 Å². The molecule has 1 fully saturated rings. The first kappa shape index (κ1) is 10.4. The highest BCUT2D eigenvalue weighted by Gasteiger charge is 2.18. The highest BCUT2D eigenvalue weighted by molar-refractivity contribution is 8.14. The average Bonchev–Trinajstić information content (AvgIpc) is 2.61. The minimum atomic E-state index is -0.296. The Balaban J connectivity index is 2.33. The maximum atomic E-state index is 10.8. The van der Waals surface area contributed by atoms with E-state index in [-0.39, 0.29) is 12.5 Å². The zero-order chi connectivity index (χ0) is 9.68. The Morgan fingerprint density at radius 3 is 3.15 bits per heavy atom. The van der Waals surface area contributed by atoms with Crippen molar-refractivity contribution in [2.24, 2.45) is 4.99 Å². The zero-order valence-corrected chi connectivity index (χ0v) is 8.69. The molecule has 0 radical (unpaired) electrons. The Bertz CT molecular complexity index is 218. The van der Waals surface area contributed by atoms with E-state index in [2.05, 4.69) is 22.0 Å². The first-order chi connectivity index (χ1) is 6.26. The van der Waals surface area contributed by atoms with Gasteiger partial charge >= 0.3 is 5.97 Å². The molecule has 0 spiro atoms. The van der Waals surface area contributed by atoms with Gasteiger partial charge in [-0.15, -0.1) is 0 Å². The molecule has 1 aliphatic heterocycles. The molecule has 0 aromatic heterocycles. The van der Waals surface area contributed by atoms with Gasteiger partial charge in [0.1, 0.15) is 6.54 Å². The van der Waals surface area contributed by atoms with Crippen LogP contribution in [0.4, 0.5) is 0 Å². The van der Waals surface area contributed by atoms with Gasteiger partial charge in [-0.2, -0.15) is 0 Å². The number of aliphatic imine (C=N–C) groups is 1. The summed E-state index contributed by atoms with van der Waals surface area (Å²) in [6.45, 7) is 2.24. The predicted molar refractivity (Wildman–Crippen MR) is 54.0 cm³/mol. The molecule has 5 heteroatoms. The summed E-state index contributed by atoms with van der Waals surface area (Å²) in [6, 6.07) is 0.501. The van der Waals surface area contributed by atoms with Gasteiger partial charge in [0, 0.05) is 11.8 Å². The second-order valence-electron chi connectivity index (χ2n) is 2.76. The number of thioether (sulfide) groups is 1. The molecule has 1 heterocycles. The third-order valence-corrected chi connectivity index (χ3v) is 2.91. The van der Waals surface area contributed by atoms with Crippen LogP contribution in [0.2, 0.25) is 0 Å². The SMILES string of the molecule is CCC1CSC(=NCC(=O)OC)N1. The van der Waals surface area contributed by atoms with Crippen LogP contribution in [0, 0.1) is 0 Å². The fourth-order valence-electron chi connectivity index (χ4n) is 0.950. The van der Waals surface area contributed by atoms with Gasteiger partial charge < -0.3 is 10.1 Å². The summed E-state index contributed by atoms with van der Waals surface area (Å²) in [5.41, 5.74) is 0. The highest BCUT2D eigenvalue weighted by atomic mass is 32.2. The summed E-state index contributed by atoms with van der Waals surface area (Å²) >= 11 is 1.66. The first-order valence-electron chi connectivity index (χ1n) is 4.26. The highest BCUT2D eigenvalue weighted by Crippen LogP contribution is 2.15. The number of esters is 1. The lowest BCUT2D eigenvalue weighted by molar-refractivity contribution is -0.138. The summed E-state index contributed by atoms with van der Waals surface area (Å²) in [5, 5.41) is 4.08. The normalized spacial score (nSPS) is 24.5. The third-order valence-electron chi connectivity index (χ3n) is 1.82. The molecule has 1 saturated heterocycles. The van der Waals surface area contributed by atoms with Crippen LogP contribution in [-0.4, -0.2) is 36.6 Å². The molecule has 13 heavy (non-hydrogen) atoms. The molecule has 1 atom stereocenters. The number of methoxy groups -OCH3 is 1. The number of ether oxygens (including phenoxy) is 1. The molecule has 0 amide bonds. The fraction of sp³-hybridized carbons (Fsp3) is 0.750. The molecule has 1 unspecified atom stereocenters. The van der Waals surface area contributed by atoms with Crippen LogP contribution in [0.3, 0.4) is 0 Å². The average molecular weight is 202 g/mol. The summed E-state index contributed by atoms with van der Waals surface area (Å²) in [7, 11) is 1.37. The van der Waals surface area contributed by atoms with Gasteiger partial charge in [-0.05, 0) is 6.42 Å². The molecule has 0 aliphatic carbocycles. The minimum Gasteiger partial charge on any atom is -0.468 e. The van der Waals surface area contributed by atoms with Crippen LogP contribution in [-0.2, 0) is 9.53 Å². The molecule has 0 aromatic carbocycles. The van der Waals surface area contributed by atoms with Crippen LogP contribution in [0.5, 0.6) is 0 Å². The number of amidine groups is 1. The van der Waals surface area contributed by atoms with Gasteiger partial charge in [0.25, 0.3) is 0 Å². The summed E-state index contributed by atoms with van der Waals surface area (Å²) < 4.78 is 4.48. The number of nitrogens with one attached hydrogen (secondary N) is 1. The Kier molecular flexibility index (Phi) is 4.08. The van der Waals surface area contributed by atoms with Crippen molar-refractivity contribution >= 4 is 22.9 Å². The molecule has 1 N–H and O–H groups in total. The summed E-state index contributed by atoms with van der Waals surface area (Å²) in [6.07, 6.45) is 1.09. The van der Waals surface area contributed by atoms with E-state index in [4.69, 9.17) is 0 Å². The van der Waals surface area contributed by atoms with Crippen molar-refractivity contribution in [3.63, 3.8) is 0 Å². The quantitative estimate of drug-likeness (QED) is 0.682. The summed E-state index contributed by atoms with van der Waals surface area (Å²) in [5.74, 6) is 0.742. The maximum absolute atomic E-state index is 10.8. The Morgan fingerprint density at radius 1 is 1.85 bits per heavy atom. The van der Waals surface area contributed by atoms with Crippen molar-refractivity contribution in [1.82, 2.24) is 5.32 Å². The van der Waals surface area contributed by atoms with Crippen LogP contribution in [0.25, 0.3) is 0 Å². The lowest BCUT2D eigenvalue weighted by Gasteiger charge is -2.04. The summed E-state index contributed by atoms with van der Waals surface area (Å²) in [4.78, 5) is 14.8. The maximum Gasteiger partial charge on any atom is 0.327 e. The lowest BCUT2D eigenvalue weighted by atomic mass is 10.3. The molecular weight excluding hydrogens is 188 g/mol. The van der Waals surface area contributed by atoms with Crippen molar-refractivity contribution in [3.8, 4) is 0 Å². The van der Waals surface area contributed by atoms with E-state index in [9.17, 15) is 4.79 Å². The number of rotatable bonds is 3. The van der Waals surface area contributed by atoms with E-state index in [1.165, 1.54) is 7.11 Å². The van der Waals surface area contributed by atoms with E-state index in [1.807, 2.05) is 0 Å². The molecule has 4 nitrogen and oxygen atoms in total. The lowest BCUT2D eigenvalue weighted by Crippen LogP contribution is -2.26. The van der Waals surface area contributed by atoms with Crippen molar-refractivity contribution in [1.29, 1.82) is 0 Å². The van der Waals surface area contributed by atoms with Crippen molar-refractivity contribution < 1.29 is 9.53 Å². The molecule has 74 valence electrons. The molecule has 0 saturated carbocycles. The molecule has 1 aliphatic rings. The topological polar surface area (TPSA) is 50.7 Å². The monoisotopic (exact) mass is 202 g/mol. The predicted octanol–water partition coefficient (Wildman–Crippen LogP) is 0.630. The van der Waals surface area contributed by atoms with E-state index >= 15 is 0 Å². The zero-order valence-electron chi connectivity index (χ0n) is 7.87. The van der Waals surface area contributed by atoms with Gasteiger partial charge in [-0.3, -0.25) is 9.79 Å². The molecular formula is C8H14N2O2S. The number of carbonyl (C=O) groups is 1. The van der Waals surface area contributed by atoms with Gasteiger partial charge in [-0.25, -0.2) is 0 Å². The largest absolute Gasteiger partial charge is 0.468 e. The van der Waals surface area contributed by atoms with E-state index < -0.39 is 0 Å². The van der Waals surface area contributed by atoms with Crippen LogP contribution in [0.15, 0.2) is 4.99 Å². The van der Waals surface area contributed by atoms with E-state index in [0.717, 1.165) is 17.3 Å². The van der Waals surface area contributed by atoms with Gasteiger partial charge in [-0.1, -0.05) is 18.7 Å². The van der Waals surface area contributed by atoms with Crippen molar-refractivity contribution in [2.45, 2.75) is 19.4 Å². The standard InChI is InChI=1S/C8H14N2O2S/c1-3-6-5-13-8(10-6)9-4-7(11)12-2/h6H,3-5H2,1-2H3,(H,9,10). The second kappa shape index (κ2) is 5.11. The molecule has 1 rings (SSSR count). The van der Waals surface area contributed by atoms with Crippen molar-refractivity contribution in [3.05, 3.63) is 0 Å². The number of hydrogen-bond acceptors (Lipinski definition) is 4. The number of nitrogens with zero attached hydrogens (tertiary/aromatic N) is 1. The first-order valence-corrected chi connectivity index (χ1v) is 5.25. The number of carbonyl (C=O) groups excluding carboxylic acids is 1.